The quantitative estimate of drug-likeness (QED) is 0.623. The molecule has 0 radical (unpaired) electrons. The van der Waals surface area contributed by atoms with Crippen molar-refractivity contribution in [2.45, 2.75) is 39.3 Å². The van der Waals surface area contributed by atoms with Crippen LogP contribution in [0.4, 0.5) is 0 Å². The van der Waals surface area contributed by atoms with Crippen LogP contribution in [0.3, 0.4) is 0 Å². The maximum atomic E-state index is 6.13. The normalized spacial score (nSPS) is 11.5. The molecule has 0 fully saturated rings. The molecule has 1 aromatic rings. The fourth-order valence-electron chi connectivity index (χ4n) is 2.14. The zero-order chi connectivity index (χ0) is 14.1. The zero-order valence-electron chi connectivity index (χ0n) is 12.4. The lowest BCUT2D eigenvalue weighted by molar-refractivity contribution is 0.178. The van der Waals surface area contributed by atoms with Crippen LogP contribution < -0.4 is 0 Å². The molecule has 0 heterocycles. The molecule has 1 aromatic carbocycles. The van der Waals surface area contributed by atoms with Crippen molar-refractivity contribution in [2.24, 2.45) is 0 Å². The Kier molecular flexibility index (Phi) is 7.06. The lowest BCUT2D eigenvalue weighted by Crippen LogP contribution is -2.41. The summed E-state index contributed by atoms with van der Waals surface area (Å²) >= 11 is 0. The van der Waals surface area contributed by atoms with Gasteiger partial charge >= 0.3 is 8.56 Å². The van der Waals surface area contributed by atoms with Gasteiger partial charge in [0.15, 0.2) is 0 Å². The first-order chi connectivity index (χ1) is 9.19. The predicted molar refractivity (Wildman–Crippen MR) is 84.5 cm³/mol. The van der Waals surface area contributed by atoms with Crippen LogP contribution in [0.2, 0.25) is 12.1 Å². The first kappa shape index (κ1) is 16.2. The van der Waals surface area contributed by atoms with Crippen LogP contribution in [0.5, 0.6) is 0 Å². The van der Waals surface area contributed by atoms with Gasteiger partial charge in [-0.25, -0.2) is 0 Å². The maximum absolute atomic E-state index is 6.13. The van der Waals surface area contributed by atoms with E-state index in [4.69, 9.17) is 8.85 Å². The summed E-state index contributed by atoms with van der Waals surface area (Å²) in [6.07, 6.45) is 2.81. The van der Waals surface area contributed by atoms with Crippen LogP contribution in [-0.4, -0.2) is 21.8 Å². The molecule has 1 rings (SSSR count). The van der Waals surface area contributed by atoms with E-state index in [-0.39, 0.29) is 0 Å². The van der Waals surface area contributed by atoms with Gasteiger partial charge in [-0.3, -0.25) is 0 Å². The highest BCUT2D eigenvalue weighted by Crippen LogP contribution is 2.19. The molecular weight excluding hydrogens is 252 g/mol. The van der Waals surface area contributed by atoms with Crippen LogP contribution in [0, 0.1) is 0 Å². The van der Waals surface area contributed by atoms with Crippen molar-refractivity contribution in [3.63, 3.8) is 0 Å². The van der Waals surface area contributed by atoms with Crippen LogP contribution in [0.1, 0.15) is 31.9 Å². The Morgan fingerprint density at radius 2 is 1.68 bits per heavy atom. The van der Waals surface area contributed by atoms with Gasteiger partial charge in [0.2, 0.25) is 0 Å². The molecule has 0 atom stereocenters. The molecule has 106 valence electrons. The minimum Gasteiger partial charge on any atom is -0.395 e. The summed E-state index contributed by atoms with van der Waals surface area (Å²) in [6.45, 7) is 11.7. The molecule has 0 aliphatic carbocycles. The highest BCUT2D eigenvalue weighted by atomic mass is 28.4. The van der Waals surface area contributed by atoms with Gasteiger partial charge in [0.25, 0.3) is 0 Å². The van der Waals surface area contributed by atoms with Crippen molar-refractivity contribution in [3.8, 4) is 0 Å². The number of hydrogen-bond acceptors (Lipinski definition) is 2. The molecule has 0 aliphatic rings. The molecule has 0 amide bonds. The van der Waals surface area contributed by atoms with Crippen molar-refractivity contribution in [3.05, 3.63) is 42.0 Å². The molecule has 0 saturated heterocycles. The van der Waals surface area contributed by atoms with E-state index >= 15 is 0 Å². The Hall–Kier alpha value is -0.903. The van der Waals surface area contributed by atoms with Crippen molar-refractivity contribution < 1.29 is 8.85 Å². The molecular formula is C16H26O2Si. The van der Waals surface area contributed by atoms with E-state index in [1.54, 1.807) is 0 Å². The molecule has 0 aliphatic heterocycles. The Morgan fingerprint density at radius 1 is 1.05 bits per heavy atom. The predicted octanol–water partition coefficient (Wildman–Crippen LogP) is 4.41. The molecule has 0 N–H and O–H groups in total. The fraction of sp³-hybridized carbons (Fsp3) is 0.500. The van der Waals surface area contributed by atoms with E-state index in [0.29, 0.717) is 0 Å². The van der Waals surface area contributed by atoms with E-state index < -0.39 is 8.56 Å². The third-order valence-corrected chi connectivity index (χ3v) is 7.16. The Bertz CT molecular complexity index is 369. The van der Waals surface area contributed by atoms with E-state index in [0.717, 1.165) is 37.3 Å². The monoisotopic (exact) mass is 278 g/mol. The third kappa shape index (κ3) is 4.94. The maximum Gasteiger partial charge on any atom is 0.337 e. The van der Waals surface area contributed by atoms with E-state index in [1.165, 1.54) is 5.56 Å². The van der Waals surface area contributed by atoms with Crippen LogP contribution in [-0.2, 0) is 15.3 Å². The zero-order valence-corrected chi connectivity index (χ0v) is 13.4. The highest BCUT2D eigenvalue weighted by molar-refractivity contribution is 6.67. The molecule has 2 nitrogen and oxygen atoms in total. The van der Waals surface area contributed by atoms with Gasteiger partial charge in [-0.1, -0.05) is 50.8 Å². The summed E-state index contributed by atoms with van der Waals surface area (Å²) in [4.78, 5) is 0. The average molecular weight is 278 g/mol. The molecule has 0 saturated carbocycles. The lowest BCUT2D eigenvalue weighted by Gasteiger charge is -2.28. The highest BCUT2D eigenvalue weighted by Gasteiger charge is 2.32. The molecule has 0 spiro atoms. The van der Waals surface area contributed by atoms with Gasteiger partial charge in [-0.05, 0) is 36.6 Å². The van der Waals surface area contributed by atoms with Gasteiger partial charge in [0.05, 0.1) is 0 Å². The summed E-state index contributed by atoms with van der Waals surface area (Å²) < 4.78 is 12.0. The van der Waals surface area contributed by atoms with Gasteiger partial charge in [-0.2, -0.15) is 0 Å². The van der Waals surface area contributed by atoms with Crippen molar-refractivity contribution in [1.82, 2.24) is 0 Å². The average Bonchev–Trinajstić information content (AvgIpc) is 2.47. The van der Waals surface area contributed by atoms with Crippen LogP contribution >= 0.6 is 0 Å². The number of benzene rings is 1. The minimum absolute atomic E-state index is 0.751. The number of rotatable bonds is 9. The number of hydrogen-bond donors (Lipinski definition) is 0. The minimum atomic E-state index is -1.93. The van der Waals surface area contributed by atoms with Crippen molar-refractivity contribution >= 4 is 14.6 Å². The molecule has 0 bridgehead atoms. The van der Waals surface area contributed by atoms with E-state index in [9.17, 15) is 0 Å². The van der Waals surface area contributed by atoms with Gasteiger partial charge < -0.3 is 8.85 Å². The van der Waals surface area contributed by atoms with Crippen molar-refractivity contribution in [1.29, 1.82) is 0 Å². The summed E-state index contributed by atoms with van der Waals surface area (Å²) in [6, 6.07) is 10.5. The second kappa shape index (κ2) is 8.30. The molecule has 19 heavy (non-hydrogen) atoms. The van der Waals surface area contributed by atoms with Gasteiger partial charge in [0.1, 0.15) is 0 Å². The van der Waals surface area contributed by atoms with Crippen molar-refractivity contribution in [2.75, 3.05) is 13.2 Å². The summed E-state index contributed by atoms with van der Waals surface area (Å²) in [5, 5.41) is 0. The molecule has 0 aromatic heterocycles. The smallest absolute Gasteiger partial charge is 0.337 e. The Balaban J connectivity index is 2.48. The van der Waals surface area contributed by atoms with Gasteiger partial charge in [-0.15, -0.1) is 0 Å². The molecule has 3 heteroatoms. The second-order valence-corrected chi connectivity index (χ2v) is 8.41. The fourth-order valence-corrected chi connectivity index (χ4v) is 4.54. The largest absolute Gasteiger partial charge is 0.395 e. The summed E-state index contributed by atoms with van der Waals surface area (Å²) in [5.74, 6) is 0. The second-order valence-electron chi connectivity index (χ2n) is 4.59. The summed E-state index contributed by atoms with van der Waals surface area (Å²) in [7, 11) is -1.93. The lowest BCUT2D eigenvalue weighted by atomic mass is 10.1. The topological polar surface area (TPSA) is 18.5 Å². The van der Waals surface area contributed by atoms with E-state index in [2.05, 4.69) is 44.7 Å². The Morgan fingerprint density at radius 3 is 2.16 bits per heavy atom. The van der Waals surface area contributed by atoms with Gasteiger partial charge in [0, 0.05) is 13.2 Å². The first-order valence-electron chi connectivity index (χ1n) is 7.19. The van der Waals surface area contributed by atoms with Crippen LogP contribution in [0.15, 0.2) is 30.8 Å². The van der Waals surface area contributed by atoms with E-state index in [1.807, 2.05) is 13.0 Å². The Labute approximate surface area is 118 Å². The SMILES string of the molecule is C=Cc1ccc(CCO[Si](CC)(CC)OCC)cc1. The third-order valence-electron chi connectivity index (χ3n) is 3.46. The standard InChI is InChI=1S/C16H26O2Si/c1-5-15-9-11-16(12-10-15)13-14-18-19(7-3,8-4)17-6-2/h5,9-12H,1,6-8,13-14H2,2-4H3. The van der Waals surface area contributed by atoms with Crippen LogP contribution in [0.25, 0.3) is 6.08 Å². The molecule has 0 unspecified atom stereocenters. The summed E-state index contributed by atoms with van der Waals surface area (Å²) in [5.41, 5.74) is 2.46. The first-order valence-corrected chi connectivity index (χ1v) is 9.42.